The number of methoxy groups -OCH3 is 1. The van der Waals surface area contributed by atoms with E-state index < -0.39 is 47.0 Å². The van der Waals surface area contributed by atoms with Gasteiger partial charge in [0.15, 0.2) is 0 Å². The Kier molecular flexibility index (Phi) is 8.89. The maximum absolute atomic E-state index is 16.3. The number of nitrogens with zero attached hydrogens (tertiary/aromatic N) is 1. The van der Waals surface area contributed by atoms with Crippen LogP contribution in [-0.4, -0.2) is 59.8 Å². The summed E-state index contributed by atoms with van der Waals surface area (Å²) in [5, 5.41) is 26.1. The summed E-state index contributed by atoms with van der Waals surface area (Å²) < 4.78 is 21.7. The van der Waals surface area contributed by atoms with E-state index in [-0.39, 0.29) is 45.1 Å². The summed E-state index contributed by atoms with van der Waals surface area (Å²) in [6, 6.07) is 13.2. The van der Waals surface area contributed by atoms with E-state index in [1.807, 2.05) is 12.1 Å². The number of anilines is 2. The van der Waals surface area contributed by atoms with Crippen molar-refractivity contribution in [3.63, 3.8) is 0 Å². The van der Waals surface area contributed by atoms with Gasteiger partial charge in [-0.3, -0.25) is 9.59 Å². The molecule has 0 aromatic heterocycles. The molecule has 12 heteroatoms. The van der Waals surface area contributed by atoms with E-state index in [9.17, 15) is 24.6 Å². The summed E-state index contributed by atoms with van der Waals surface area (Å²) in [5.41, 5.74) is 1.20. The number of aliphatic carboxylic acids is 1. The van der Waals surface area contributed by atoms with Crippen molar-refractivity contribution >= 4 is 52.4 Å². The minimum atomic E-state index is -1.14. The van der Waals surface area contributed by atoms with Crippen LogP contribution in [0, 0.1) is 17.2 Å². The zero-order chi connectivity index (χ0) is 34.7. The van der Waals surface area contributed by atoms with Gasteiger partial charge in [0.25, 0.3) is 0 Å². The zero-order valence-electron chi connectivity index (χ0n) is 27.0. The number of carbonyl (C=O) groups excluding carboxylic acids is 1. The molecule has 3 aliphatic rings. The smallest absolute Gasteiger partial charge is 0.335 e. The molecule has 0 radical (unpaired) electrons. The van der Waals surface area contributed by atoms with Gasteiger partial charge in [-0.25, -0.2) is 9.18 Å². The first-order valence-electron chi connectivity index (χ1n) is 15.9. The highest BCUT2D eigenvalue weighted by Gasteiger charge is 2.64. The summed E-state index contributed by atoms with van der Waals surface area (Å²) in [7, 11) is 1.38. The Bertz CT molecular complexity index is 1790. The summed E-state index contributed by atoms with van der Waals surface area (Å²) in [5.74, 6) is -4.11. The topological polar surface area (TPSA) is 128 Å². The van der Waals surface area contributed by atoms with Crippen molar-refractivity contribution in [2.75, 3.05) is 23.9 Å². The first kappa shape index (κ1) is 34.0. The van der Waals surface area contributed by atoms with E-state index in [0.717, 1.165) is 11.3 Å². The van der Waals surface area contributed by atoms with Crippen molar-refractivity contribution in [3.05, 3.63) is 87.2 Å². The molecule has 2 fully saturated rings. The number of benzene rings is 3. The SMILES string of the molecule is COc1cc(C(=O)O)ccc1NC(=O)[C@@H]1N[C@@H](CC(C)(C)C)[C@@]2(CN([C@H]3C[C@@H](C(=O)O)C3)c3cc(Cl)ccc32)[C@H]1c1cccc(Cl)c1F. The van der Waals surface area contributed by atoms with Crippen LogP contribution in [0.2, 0.25) is 10.0 Å². The fourth-order valence-electron chi connectivity index (χ4n) is 7.93. The highest BCUT2D eigenvalue weighted by atomic mass is 35.5. The number of halogens is 3. The maximum Gasteiger partial charge on any atom is 0.335 e. The van der Waals surface area contributed by atoms with E-state index in [1.165, 1.54) is 31.4 Å². The molecule has 6 rings (SSSR count). The lowest BCUT2D eigenvalue weighted by atomic mass is 9.63. The average Bonchev–Trinajstić information content (AvgIpc) is 3.47. The largest absolute Gasteiger partial charge is 0.495 e. The predicted molar refractivity (Wildman–Crippen MR) is 182 cm³/mol. The molecule has 2 aliphatic heterocycles. The predicted octanol–water partition coefficient (Wildman–Crippen LogP) is 6.96. The zero-order valence-corrected chi connectivity index (χ0v) is 28.5. The van der Waals surface area contributed by atoms with Crippen molar-refractivity contribution in [2.45, 2.75) is 69.5 Å². The Morgan fingerprint density at radius 3 is 2.46 bits per heavy atom. The lowest BCUT2D eigenvalue weighted by Gasteiger charge is -2.44. The number of aromatic carboxylic acids is 1. The Morgan fingerprint density at radius 2 is 1.81 bits per heavy atom. The van der Waals surface area contributed by atoms with Crippen LogP contribution < -0.4 is 20.3 Å². The minimum Gasteiger partial charge on any atom is -0.495 e. The number of hydrogen-bond acceptors (Lipinski definition) is 6. The molecule has 1 spiro atoms. The van der Waals surface area contributed by atoms with Gasteiger partial charge in [0.05, 0.1) is 35.3 Å². The second kappa shape index (κ2) is 12.5. The molecule has 4 N–H and O–H groups in total. The molecule has 9 nitrogen and oxygen atoms in total. The maximum atomic E-state index is 16.3. The number of carbonyl (C=O) groups is 3. The second-order valence-corrected chi connectivity index (χ2v) is 15.1. The molecular weight excluding hydrogens is 660 g/mol. The second-order valence-electron chi connectivity index (χ2n) is 14.3. The van der Waals surface area contributed by atoms with E-state index >= 15 is 4.39 Å². The van der Waals surface area contributed by atoms with Crippen LogP contribution in [-0.2, 0) is 15.0 Å². The van der Waals surface area contributed by atoms with Crippen molar-refractivity contribution in [3.8, 4) is 5.75 Å². The van der Waals surface area contributed by atoms with E-state index in [1.54, 1.807) is 18.2 Å². The summed E-state index contributed by atoms with van der Waals surface area (Å²) in [6.45, 7) is 6.72. The molecule has 1 saturated carbocycles. The molecular formula is C36H38Cl2FN3O6. The van der Waals surface area contributed by atoms with Gasteiger partial charge in [0.1, 0.15) is 11.6 Å². The van der Waals surface area contributed by atoms with Gasteiger partial charge < -0.3 is 30.5 Å². The van der Waals surface area contributed by atoms with Crippen LogP contribution in [0.3, 0.4) is 0 Å². The molecule has 254 valence electrons. The number of nitrogens with one attached hydrogen (secondary N) is 2. The van der Waals surface area contributed by atoms with Gasteiger partial charge in [-0.2, -0.15) is 0 Å². The lowest BCUT2D eigenvalue weighted by Crippen LogP contribution is -2.52. The molecule has 1 amide bonds. The van der Waals surface area contributed by atoms with Crippen molar-refractivity contribution in [2.24, 2.45) is 11.3 Å². The van der Waals surface area contributed by atoms with Crippen molar-refractivity contribution in [1.29, 1.82) is 0 Å². The minimum absolute atomic E-state index is 0.00523. The molecule has 2 heterocycles. The highest BCUT2D eigenvalue weighted by molar-refractivity contribution is 6.31. The molecule has 1 saturated heterocycles. The Labute approximate surface area is 288 Å². The van der Waals surface area contributed by atoms with Gasteiger partial charge in [0.2, 0.25) is 5.91 Å². The van der Waals surface area contributed by atoms with Crippen LogP contribution in [0.25, 0.3) is 0 Å². The number of ether oxygens (including phenoxy) is 1. The van der Waals surface area contributed by atoms with Crippen LogP contribution in [0.4, 0.5) is 15.8 Å². The number of carboxylic acid groups (broad SMARTS) is 2. The average molecular weight is 699 g/mol. The van der Waals surface area contributed by atoms with Crippen LogP contribution in [0.1, 0.15) is 67.4 Å². The van der Waals surface area contributed by atoms with Gasteiger partial charge >= 0.3 is 11.9 Å². The lowest BCUT2D eigenvalue weighted by molar-refractivity contribution is -0.145. The number of rotatable bonds is 8. The summed E-state index contributed by atoms with van der Waals surface area (Å²) in [4.78, 5) is 40.1. The van der Waals surface area contributed by atoms with Crippen LogP contribution in [0.5, 0.6) is 5.75 Å². The number of fused-ring (bicyclic) bond motifs is 2. The Morgan fingerprint density at radius 1 is 1.08 bits per heavy atom. The first-order valence-corrected chi connectivity index (χ1v) is 16.6. The molecule has 0 bridgehead atoms. The highest BCUT2D eigenvalue weighted by Crippen LogP contribution is 2.59. The summed E-state index contributed by atoms with van der Waals surface area (Å²) in [6.07, 6.45) is 1.53. The van der Waals surface area contributed by atoms with Gasteiger partial charge in [0, 0.05) is 40.7 Å². The molecule has 1 aliphatic carbocycles. The van der Waals surface area contributed by atoms with Gasteiger partial charge in [-0.15, -0.1) is 0 Å². The number of amides is 1. The fourth-order valence-corrected chi connectivity index (χ4v) is 8.28. The van der Waals surface area contributed by atoms with Gasteiger partial charge in [-0.05, 0) is 72.2 Å². The molecule has 4 atom stereocenters. The molecule has 3 aromatic rings. The number of carboxylic acids is 2. The molecule has 3 aromatic carbocycles. The fraction of sp³-hybridized carbons (Fsp3) is 0.417. The quantitative estimate of drug-likeness (QED) is 0.199. The van der Waals surface area contributed by atoms with Crippen molar-refractivity contribution < 1.29 is 33.7 Å². The molecule has 0 unspecified atom stereocenters. The number of hydrogen-bond donors (Lipinski definition) is 4. The normalized spacial score (nSPS) is 26.2. The first-order chi connectivity index (χ1) is 22.6. The standard InChI is InChI=1S/C36H38Cl2FN3O6/c1-35(2,3)16-28-36(17-42(21-12-19(13-21)34(46)47)26-15-20(37)9-10-23(26)36)29(22-6-5-7-24(38)30(22)39)31(41-28)32(43)40-25-11-8-18(33(44)45)14-27(25)48-4/h5-11,14-15,19,21,28-29,31,41H,12-13,16-17H2,1-4H3,(H,40,43)(H,44,45)(H,46,47)/t19-,21+,28-,29-,31+,36-/m0/s1. The van der Waals surface area contributed by atoms with Crippen LogP contribution in [0.15, 0.2) is 54.6 Å². The Balaban J connectivity index is 1.52. The third kappa shape index (κ3) is 5.88. The molecule has 48 heavy (non-hydrogen) atoms. The Hall–Kier alpha value is -3.86. The van der Waals surface area contributed by atoms with Crippen LogP contribution >= 0.6 is 23.2 Å². The third-order valence-electron chi connectivity index (χ3n) is 10.1. The van der Waals surface area contributed by atoms with E-state index in [4.69, 9.17) is 27.9 Å². The third-order valence-corrected chi connectivity index (χ3v) is 10.6. The van der Waals surface area contributed by atoms with Crippen molar-refractivity contribution in [1.82, 2.24) is 5.32 Å². The van der Waals surface area contributed by atoms with E-state index in [2.05, 4.69) is 36.3 Å². The van der Waals surface area contributed by atoms with Gasteiger partial charge in [-0.1, -0.05) is 62.2 Å². The summed E-state index contributed by atoms with van der Waals surface area (Å²) >= 11 is 13.0. The van der Waals surface area contributed by atoms with E-state index in [0.29, 0.717) is 30.8 Å². The monoisotopic (exact) mass is 697 g/mol.